The molecule has 2 aromatic rings. The summed E-state index contributed by atoms with van der Waals surface area (Å²) in [6.45, 7) is 2.09. The Hall–Kier alpha value is -2.41. The lowest BCUT2D eigenvalue weighted by molar-refractivity contribution is 0.102. The second-order valence-electron chi connectivity index (χ2n) is 5.84. The zero-order chi connectivity index (χ0) is 17.5. The zero-order valence-electron chi connectivity index (χ0n) is 13.3. The van der Waals surface area contributed by atoms with Crippen LogP contribution >= 0.6 is 0 Å². The first-order valence-electron chi connectivity index (χ1n) is 7.44. The first-order chi connectivity index (χ1) is 11.3. The highest BCUT2D eigenvalue weighted by Gasteiger charge is 2.27. The largest absolute Gasteiger partial charge is 0.322 e. The summed E-state index contributed by atoms with van der Waals surface area (Å²) in [5.74, 6) is -0.736. The minimum atomic E-state index is -3.37. The van der Waals surface area contributed by atoms with E-state index in [0.717, 1.165) is 11.8 Å². The summed E-state index contributed by atoms with van der Waals surface area (Å²) in [5, 5.41) is 2.72. The molecule has 1 amide bonds. The van der Waals surface area contributed by atoms with Gasteiger partial charge in [-0.05, 0) is 54.8 Å². The van der Waals surface area contributed by atoms with E-state index in [4.69, 9.17) is 0 Å². The molecule has 0 aromatic heterocycles. The number of carbonyl (C=O) groups excluding carboxylic acids is 1. The zero-order valence-corrected chi connectivity index (χ0v) is 14.2. The van der Waals surface area contributed by atoms with Gasteiger partial charge in [0, 0.05) is 17.8 Å². The van der Waals surface area contributed by atoms with Gasteiger partial charge in [0.1, 0.15) is 5.82 Å². The van der Waals surface area contributed by atoms with E-state index in [1.54, 1.807) is 25.1 Å². The van der Waals surface area contributed by atoms with Gasteiger partial charge in [0.15, 0.2) is 0 Å². The van der Waals surface area contributed by atoms with Gasteiger partial charge in [-0.1, -0.05) is 6.07 Å². The van der Waals surface area contributed by atoms with Crippen molar-refractivity contribution in [3.63, 3.8) is 0 Å². The summed E-state index contributed by atoms with van der Waals surface area (Å²) < 4.78 is 38.1. The van der Waals surface area contributed by atoms with Crippen molar-refractivity contribution in [3.8, 4) is 0 Å². The molecule has 1 N–H and O–H groups in total. The predicted molar refractivity (Wildman–Crippen MR) is 91.4 cm³/mol. The number of anilines is 2. The van der Waals surface area contributed by atoms with Crippen LogP contribution in [0.2, 0.25) is 0 Å². The number of sulfonamides is 1. The molecule has 0 saturated carbocycles. The van der Waals surface area contributed by atoms with E-state index >= 15 is 0 Å². The van der Waals surface area contributed by atoms with Crippen molar-refractivity contribution in [3.05, 3.63) is 58.9 Å². The van der Waals surface area contributed by atoms with E-state index in [1.165, 1.54) is 22.5 Å². The number of hydrogen-bond acceptors (Lipinski definition) is 3. The van der Waals surface area contributed by atoms with Crippen LogP contribution in [0.3, 0.4) is 0 Å². The van der Waals surface area contributed by atoms with Crippen molar-refractivity contribution >= 4 is 27.3 Å². The molecular weight excluding hydrogens is 331 g/mol. The number of benzene rings is 2. The van der Waals surface area contributed by atoms with Crippen molar-refractivity contribution < 1.29 is 17.6 Å². The number of hydrogen-bond donors (Lipinski definition) is 1. The van der Waals surface area contributed by atoms with Gasteiger partial charge >= 0.3 is 0 Å². The number of nitrogens with one attached hydrogen (secondary N) is 1. The Morgan fingerprint density at radius 2 is 1.96 bits per heavy atom. The van der Waals surface area contributed by atoms with Crippen LogP contribution in [0.4, 0.5) is 15.8 Å². The topological polar surface area (TPSA) is 66.5 Å². The highest BCUT2D eigenvalue weighted by molar-refractivity contribution is 7.92. The Morgan fingerprint density at radius 3 is 2.62 bits per heavy atom. The maximum absolute atomic E-state index is 13.1. The van der Waals surface area contributed by atoms with Gasteiger partial charge in [-0.15, -0.1) is 0 Å². The second kappa shape index (κ2) is 5.90. The first kappa shape index (κ1) is 16.4. The van der Waals surface area contributed by atoms with Crippen LogP contribution < -0.4 is 9.62 Å². The van der Waals surface area contributed by atoms with Gasteiger partial charge in [0.2, 0.25) is 10.0 Å². The molecule has 0 spiro atoms. The van der Waals surface area contributed by atoms with Crippen LogP contribution in [0.1, 0.15) is 21.5 Å². The van der Waals surface area contributed by atoms with E-state index < -0.39 is 10.0 Å². The van der Waals surface area contributed by atoms with Gasteiger partial charge < -0.3 is 5.32 Å². The molecule has 0 unspecified atom stereocenters. The minimum Gasteiger partial charge on any atom is -0.322 e. The van der Waals surface area contributed by atoms with Gasteiger partial charge in [0.05, 0.1) is 11.9 Å². The highest BCUT2D eigenvalue weighted by Crippen LogP contribution is 2.31. The summed E-state index contributed by atoms with van der Waals surface area (Å²) in [4.78, 5) is 12.4. The Labute approximate surface area is 140 Å². The van der Waals surface area contributed by atoms with Crippen molar-refractivity contribution in [2.45, 2.75) is 13.3 Å². The van der Waals surface area contributed by atoms with Crippen LogP contribution in [0.15, 0.2) is 36.4 Å². The van der Waals surface area contributed by atoms with Gasteiger partial charge in [0.25, 0.3) is 5.91 Å². The van der Waals surface area contributed by atoms with Crippen molar-refractivity contribution in [2.24, 2.45) is 0 Å². The molecule has 0 bridgehead atoms. The quantitative estimate of drug-likeness (QED) is 0.927. The third kappa shape index (κ3) is 3.12. The van der Waals surface area contributed by atoms with Gasteiger partial charge in [-0.2, -0.15) is 0 Å². The van der Waals surface area contributed by atoms with E-state index in [9.17, 15) is 17.6 Å². The fourth-order valence-electron chi connectivity index (χ4n) is 2.80. The van der Waals surface area contributed by atoms with Crippen molar-refractivity contribution in [1.29, 1.82) is 0 Å². The molecule has 0 atom stereocenters. The summed E-state index contributed by atoms with van der Waals surface area (Å²) in [7, 11) is -3.37. The molecule has 24 heavy (non-hydrogen) atoms. The molecule has 0 saturated heterocycles. The fourth-order valence-corrected chi connectivity index (χ4v) is 3.75. The third-order valence-corrected chi connectivity index (χ3v) is 5.22. The lowest BCUT2D eigenvalue weighted by Crippen LogP contribution is -2.27. The van der Waals surface area contributed by atoms with E-state index in [2.05, 4.69) is 5.32 Å². The minimum absolute atomic E-state index is 0.355. The maximum Gasteiger partial charge on any atom is 0.255 e. The standard InChI is InChI=1S/C17H17FN2O3S/c1-11-9-14(18)5-6-15(11)19-17(21)13-4-3-12-7-8-20(16(12)10-13)24(2,22)23/h3-6,9-10H,7-8H2,1-2H3,(H,19,21). The predicted octanol–water partition coefficient (Wildman–Crippen LogP) is 2.71. The van der Waals surface area contributed by atoms with Crippen LogP contribution in [0, 0.1) is 12.7 Å². The Balaban J connectivity index is 1.89. The lowest BCUT2D eigenvalue weighted by atomic mass is 10.1. The van der Waals surface area contributed by atoms with Crippen molar-refractivity contribution in [1.82, 2.24) is 0 Å². The average molecular weight is 348 g/mol. The number of amides is 1. The molecule has 1 aliphatic rings. The van der Waals surface area contributed by atoms with Crippen LogP contribution in [-0.2, 0) is 16.4 Å². The molecule has 3 rings (SSSR count). The normalized spacial score (nSPS) is 13.7. The Morgan fingerprint density at radius 1 is 1.21 bits per heavy atom. The molecule has 1 aliphatic heterocycles. The lowest BCUT2D eigenvalue weighted by Gasteiger charge is -2.17. The number of fused-ring (bicyclic) bond motifs is 1. The number of halogens is 1. The SMILES string of the molecule is Cc1cc(F)ccc1NC(=O)c1ccc2c(c1)N(S(C)(=O)=O)CC2. The number of carbonyl (C=O) groups is 1. The van der Waals surface area contributed by atoms with Gasteiger partial charge in [-0.25, -0.2) is 12.8 Å². The monoisotopic (exact) mass is 348 g/mol. The third-order valence-electron chi connectivity index (χ3n) is 4.04. The number of rotatable bonds is 3. The smallest absolute Gasteiger partial charge is 0.255 e. The maximum atomic E-state index is 13.1. The first-order valence-corrected chi connectivity index (χ1v) is 9.29. The van der Waals surface area contributed by atoms with Crippen molar-refractivity contribution in [2.75, 3.05) is 22.4 Å². The summed E-state index contributed by atoms with van der Waals surface area (Å²) >= 11 is 0. The molecule has 0 fully saturated rings. The van der Waals surface area contributed by atoms with E-state index in [1.807, 2.05) is 0 Å². The van der Waals surface area contributed by atoms with E-state index in [0.29, 0.717) is 35.5 Å². The highest BCUT2D eigenvalue weighted by atomic mass is 32.2. The Kier molecular flexibility index (Phi) is 4.04. The molecule has 1 heterocycles. The molecule has 126 valence electrons. The van der Waals surface area contributed by atoms with Crippen LogP contribution in [-0.4, -0.2) is 27.1 Å². The number of nitrogens with zero attached hydrogens (tertiary/aromatic N) is 1. The van der Waals surface area contributed by atoms with Gasteiger partial charge in [-0.3, -0.25) is 9.10 Å². The average Bonchev–Trinajstić information content (AvgIpc) is 2.93. The molecule has 5 nitrogen and oxygen atoms in total. The van der Waals surface area contributed by atoms with E-state index in [-0.39, 0.29) is 11.7 Å². The van der Waals surface area contributed by atoms with Crippen LogP contribution in [0.5, 0.6) is 0 Å². The molecule has 0 radical (unpaired) electrons. The fraction of sp³-hybridized carbons (Fsp3) is 0.235. The Bertz CT molecular complexity index is 925. The second-order valence-corrected chi connectivity index (χ2v) is 7.75. The summed E-state index contributed by atoms with van der Waals surface area (Å²) in [6, 6.07) is 9.13. The summed E-state index contributed by atoms with van der Waals surface area (Å²) in [6.07, 6.45) is 1.78. The number of aryl methyl sites for hydroxylation is 1. The summed E-state index contributed by atoms with van der Waals surface area (Å²) in [5.41, 5.74) is 2.92. The molecule has 2 aromatic carbocycles. The molecule has 0 aliphatic carbocycles. The molecular formula is C17H17FN2O3S. The van der Waals surface area contributed by atoms with Crippen LogP contribution in [0.25, 0.3) is 0 Å². The molecule has 7 heteroatoms.